The number of aromatic nitrogens is 1. The number of amidine groups is 1. The van der Waals surface area contributed by atoms with E-state index >= 15 is 0 Å². The molecule has 0 radical (unpaired) electrons. The third-order valence-electron chi connectivity index (χ3n) is 2.81. The number of carbonyl (C=O) groups is 1. The molecule has 0 atom stereocenters. The highest BCUT2D eigenvalue weighted by atomic mass is 16.4. The van der Waals surface area contributed by atoms with Gasteiger partial charge in [-0.1, -0.05) is 17.3 Å². The van der Waals surface area contributed by atoms with Gasteiger partial charge in [0.15, 0.2) is 5.84 Å². The number of oxime groups is 1. The molecule has 1 heterocycles. The second kappa shape index (κ2) is 5.83. The van der Waals surface area contributed by atoms with Gasteiger partial charge in [0.25, 0.3) is 5.91 Å². The molecular formula is C14H14N4O2. The highest BCUT2D eigenvalue weighted by molar-refractivity contribution is 6.05. The van der Waals surface area contributed by atoms with Crippen molar-refractivity contribution in [2.45, 2.75) is 6.92 Å². The number of nitrogens with two attached hydrogens (primary N) is 1. The molecule has 0 saturated carbocycles. The Balaban J connectivity index is 2.16. The Bertz CT molecular complexity index is 650. The maximum Gasteiger partial charge on any atom is 0.255 e. The normalized spacial score (nSPS) is 11.2. The molecule has 1 aromatic carbocycles. The lowest BCUT2D eigenvalue weighted by Gasteiger charge is -2.07. The zero-order valence-electron chi connectivity index (χ0n) is 10.9. The molecule has 0 aliphatic rings. The lowest BCUT2D eigenvalue weighted by atomic mass is 10.1. The lowest BCUT2D eigenvalue weighted by molar-refractivity contribution is 0.102. The van der Waals surface area contributed by atoms with Gasteiger partial charge in [-0.2, -0.15) is 0 Å². The van der Waals surface area contributed by atoms with Crippen LogP contribution in [0.15, 0.2) is 47.8 Å². The Morgan fingerprint density at radius 1 is 1.25 bits per heavy atom. The van der Waals surface area contributed by atoms with Crippen LogP contribution >= 0.6 is 0 Å². The number of amides is 1. The summed E-state index contributed by atoms with van der Waals surface area (Å²) in [6.07, 6.45) is 1.66. The third kappa shape index (κ3) is 2.92. The standard InChI is InChI=1S/C14H14N4O2/c1-9-12(3-2-8-16-9)17-14(19)11-6-4-10(5-7-11)13(15)18-20/h2-8,20H,1H3,(H2,15,18)(H,17,19). The topological polar surface area (TPSA) is 101 Å². The van der Waals surface area contributed by atoms with Gasteiger partial charge < -0.3 is 16.3 Å². The molecular weight excluding hydrogens is 256 g/mol. The summed E-state index contributed by atoms with van der Waals surface area (Å²) < 4.78 is 0. The van der Waals surface area contributed by atoms with Gasteiger partial charge in [0.05, 0.1) is 11.4 Å². The smallest absolute Gasteiger partial charge is 0.255 e. The van der Waals surface area contributed by atoms with Gasteiger partial charge in [-0.05, 0) is 31.2 Å². The average Bonchev–Trinajstić information content (AvgIpc) is 2.49. The quantitative estimate of drug-likeness (QED) is 0.342. The van der Waals surface area contributed by atoms with E-state index in [0.29, 0.717) is 16.8 Å². The van der Waals surface area contributed by atoms with Crippen molar-refractivity contribution in [2.24, 2.45) is 10.9 Å². The summed E-state index contributed by atoms with van der Waals surface area (Å²) in [4.78, 5) is 16.2. The first kappa shape index (κ1) is 13.5. The Morgan fingerprint density at radius 3 is 2.50 bits per heavy atom. The predicted octanol–water partition coefficient (Wildman–Crippen LogP) is 1.74. The largest absolute Gasteiger partial charge is 0.409 e. The van der Waals surface area contributed by atoms with Crippen LogP contribution < -0.4 is 11.1 Å². The minimum Gasteiger partial charge on any atom is -0.409 e. The van der Waals surface area contributed by atoms with Crippen LogP contribution in [0.5, 0.6) is 0 Å². The van der Waals surface area contributed by atoms with Crippen molar-refractivity contribution in [3.05, 3.63) is 59.4 Å². The predicted molar refractivity (Wildman–Crippen MR) is 75.9 cm³/mol. The van der Waals surface area contributed by atoms with E-state index < -0.39 is 0 Å². The molecule has 2 rings (SSSR count). The fraction of sp³-hybridized carbons (Fsp3) is 0.0714. The SMILES string of the molecule is Cc1ncccc1NC(=O)c1ccc(C(N)=NO)cc1. The van der Waals surface area contributed by atoms with Crippen molar-refractivity contribution in [1.29, 1.82) is 0 Å². The molecule has 20 heavy (non-hydrogen) atoms. The minimum atomic E-state index is -0.243. The number of hydrogen-bond donors (Lipinski definition) is 3. The van der Waals surface area contributed by atoms with Gasteiger partial charge in [0, 0.05) is 17.3 Å². The summed E-state index contributed by atoms with van der Waals surface area (Å²) in [6.45, 7) is 1.82. The molecule has 1 aromatic heterocycles. The van der Waals surface area contributed by atoms with E-state index in [1.165, 1.54) is 0 Å². The first-order chi connectivity index (χ1) is 9.61. The second-order valence-electron chi connectivity index (χ2n) is 4.15. The number of hydrogen-bond acceptors (Lipinski definition) is 4. The van der Waals surface area contributed by atoms with Gasteiger partial charge in [0.1, 0.15) is 0 Å². The van der Waals surface area contributed by atoms with Crippen LogP contribution in [0.4, 0.5) is 5.69 Å². The van der Waals surface area contributed by atoms with Crippen molar-refractivity contribution in [2.75, 3.05) is 5.32 Å². The van der Waals surface area contributed by atoms with Crippen molar-refractivity contribution >= 4 is 17.4 Å². The summed E-state index contributed by atoms with van der Waals surface area (Å²) >= 11 is 0. The molecule has 6 heteroatoms. The van der Waals surface area contributed by atoms with E-state index in [1.54, 1.807) is 42.6 Å². The van der Waals surface area contributed by atoms with Crippen LogP contribution in [0.25, 0.3) is 0 Å². The monoisotopic (exact) mass is 270 g/mol. The summed E-state index contributed by atoms with van der Waals surface area (Å²) in [7, 11) is 0. The van der Waals surface area contributed by atoms with Crippen LogP contribution in [-0.2, 0) is 0 Å². The lowest BCUT2D eigenvalue weighted by Crippen LogP contribution is -2.15. The molecule has 0 fully saturated rings. The van der Waals surface area contributed by atoms with Crippen LogP contribution in [0.3, 0.4) is 0 Å². The Labute approximate surface area is 115 Å². The first-order valence-corrected chi connectivity index (χ1v) is 5.92. The Morgan fingerprint density at radius 2 is 1.90 bits per heavy atom. The Kier molecular flexibility index (Phi) is 3.95. The van der Waals surface area contributed by atoms with Crippen LogP contribution in [0, 0.1) is 6.92 Å². The summed E-state index contributed by atoms with van der Waals surface area (Å²) in [5.41, 5.74) is 7.88. The van der Waals surface area contributed by atoms with E-state index in [4.69, 9.17) is 10.9 Å². The number of benzene rings is 1. The van der Waals surface area contributed by atoms with E-state index in [2.05, 4.69) is 15.5 Å². The number of aryl methyl sites for hydroxylation is 1. The maximum atomic E-state index is 12.1. The summed E-state index contributed by atoms with van der Waals surface area (Å²) in [5.74, 6) is -0.243. The van der Waals surface area contributed by atoms with E-state index in [9.17, 15) is 4.79 Å². The van der Waals surface area contributed by atoms with Gasteiger partial charge in [-0.3, -0.25) is 9.78 Å². The molecule has 2 aromatic rings. The fourth-order valence-electron chi connectivity index (χ4n) is 1.66. The number of nitrogens with zero attached hydrogens (tertiary/aromatic N) is 2. The van der Waals surface area contributed by atoms with E-state index in [-0.39, 0.29) is 11.7 Å². The molecule has 102 valence electrons. The van der Waals surface area contributed by atoms with Crippen LogP contribution in [0.1, 0.15) is 21.6 Å². The van der Waals surface area contributed by atoms with Gasteiger partial charge in [-0.15, -0.1) is 0 Å². The average molecular weight is 270 g/mol. The molecule has 0 aliphatic carbocycles. The highest BCUT2D eigenvalue weighted by Gasteiger charge is 2.08. The van der Waals surface area contributed by atoms with Crippen molar-refractivity contribution in [1.82, 2.24) is 4.98 Å². The number of nitrogens with one attached hydrogen (secondary N) is 1. The number of pyridine rings is 1. The molecule has 0 unspecified atom stereocenters. The van der Waals surface area contributed by atoms with Gasteiger partial charge in [0.2, 0.25) is 0 Å². The molecule has 0 aliphatic heterocycles. The highest BCUT2D eigenvalue weighted by Crippen LogP contribution is 2.13. The molecule has 0 spiro atoms. The molecule has 0 saturated heterocycles. The Hall–Kier alpha value is -2.89. The van der Waals surface area contributed by atoms with Gasteiger partial charge in [-0.25, -0.2) is 0 Å². The molecule has 4 N–H and O–H groups in total. The van der Waals surface area contributed by atoms with Crippen molar-refractivity contribution in [3.63, 3.8) is 0 Å². The zero-order valence-corrected chi connectivity index (χ0v) is 10.9. The van der Waals surface area contributed by atoms with Crippen LogP contribution in [-0.4, -0.2) is 21.9 Å². The fourth-order valence-corrected chi connectivity index (χ4v) is 1.66. The van der Waals surface area contributed by atoms with Gasteiger partial charge >= 0.3 is 0 Å². The minimum absolute atomic E-state index is 0.0000574. The molecule has 6 nitrogen and oxygen atoms in total. The zero-order chi connectivity index (χ0) is 14.5. The third-order valence-corrected chi connectivity index (χ3v) is 2.81. The van der Waals surface area contributed by atoms with Crippen LogP contribution in [0.2, 0.25) is 0 Å². The van der Waals surface area contributed by atoms with E-state index in [1.807, 2.05) is 6.92 Å². The number of anilines is 1. The summed E-state index contributed by atoms with van der Waals surface area (Å²) in [5, 5.41) is 14.2. The molecule has 0 bridgehead atoms. The number of rotatable bonds is 3. The number of carbonyl (C=O) groups excluding carboxylic acids is 1. The second-order valence-corrected chi connectivity index (χ2v) is 4.15. The van der Waals surface area contributed by atoms with Crippen molar-refractivity contribution < 1.29 is 10.0 Å². The maximum absolute atomic E-state index is 12.1. The molecule has 1 amide bonds. The van der Waals surface area contributed by atoms with Crippen molar-refractivity contribution in [3.8, 4) is 0 Å². The summed E-state index contributed by atoms with van der Waals surface area (Å²) in [6, 6.07) is 9.97. The van der Waals surface area contributed by atoms with E-state index in [0.717, 1.165) is 5.69 Å². The first-order valence-electron chi connectivity index (χ1n) is 5.92.